The van der Waals surface area contributed by atoms with Crippen LogP contribution in [0, 0.1) is 11.3 Å². The van der Waals surface area contributed by atoms with Gasteiger partial charge in [0.15, 0.2) is 0 Å². The summed E-state index contributed by atoms with van der Waals surface area (Å²) in [6.45, 7) is 0.765. The van der Waals surface area contributed by atoms with Crippen LogP contribution in [-0.4, -0.2) is 18.3 Å². The van der Waals surface area contributed by atoms with E-state index in [2.05, 4.69) is 28.1 Å². The van der Waals surface area contributed by atoms with Crippen molar-refractivity contribution < 1.29 is 5.11 Å². The fourth-order valence-corrected chi connectivity index (χ4v) is 2.83. The number of aliphatic hydroxyl groups excluding tert-OH is 1. The van der Waals surface area contributed by atoms with Crippen LogP contribution in [-0.2, 0) is 6.42 Å². The van der Waals surface area contributed by atoms with Gasteiger partial charge < -0.3 is 10.8 Å². The van der Waals surface area contributed by atoms with Gasteiger partial charge in [-0.05, 0) is 42.9 Å². The number of benzene rings is 1. The monoisotopic (exact) mass is 283 g/mol. The molecule has 1 aliphatic rings. The van der Waals surface area contributed by atoms with Crippen molar-refractivity contribution in [2.45, 2.75) is 19.3 Å². The Morgan fingerprint density at radius 1 is 1.44 bits per heavy atom. The maximum atomic E-state index is 9.63. The van der Waals surface area contributed by atoms with Crippen molar-refractivity contribution in [3.05, 3.63) is 34.3 Å². The minimum Gasteiger partial charge on any atom is -0.396 e. The van der Waals surface area contributed by atoms with Crippen molar-refractivity contribution in [2.24, 2.45) is 17.1 Å². The largest absolute Gasteiger partial charge is 0.396 e. The lowest BCUT2D eigenvalue weighted by Gasteiger charge is -2.30. The van der Waals surface area contributed by atoms with E-state index in [1.54, 1.807) is 0 Å². The maximum Gasteiger partial charge on any atom is 0.0505 e. The third-order valence-electron chi connectivity index (χ3n) is 3.61. The summed E-state index contributed by atoms with van der Waals surface area (Å²) in [5, 5.41) is 9.63. The van der Waals surface area contributed by atoms with Gasteiger partial charge in [-0.1, -0.05) is 28.1 Å². The van der Waals surface area contributed by atoms with E-state index in [4.69, 9.17) is 5.73 Å². The highest BCUT2D eigenvalue weighted by molar-refractivity contribution is 9.10. The zero-order chi connectivity index (χ0) is 11.6. The van der Waals surface area contributed by atoms with Crippen LogP contribution >= 0.6 is 15.9 Å². The SMILES string of the molecule is NCC(CO)(Cc1cccc(Br)c1)C1CC1. The van der Waals surface area contributed by atoms with E-state index < -0.39 is 0 Å². The molecule has 3 heteroatoms. The van der Waals surface area contributed by atoms with Crippen molar-refractivity contribution in [1.82, 2.24) is 0 Å². The highest BCUT2D eigenvalue weighted by Crippen LogP contribution is 2.46. The van der Waals surface area contributed by atoms with Crippen LogP contribution in [0.25, 0.3) is 0 Å². The number of hydrogen-bond acceptors (Lipinski definition) is 2. The molecular formula is C13H18BrNO. The van der Waals surface area contributed by atoms with E-state index in [1.807, 2.05) is 12.1 Å². The molecule has 0 amide bonds. The summed E-state index contributed by atoms with van der Waals surface area (Å²) < 4.78 is 1.09. The first kappa shape index (κ1) is 12.1. The molecule has 0 aromatic heterocycles. The van der Waals surface area contributed by atoms with Gasteiger partial charge in [-0.2, -0.15) is 0 Å². The van der Waals surface area contributed by atoms with Crippen molar-refractivity contribution >= 4 is 15.9 Å². The van der Waals surface area contributed by atoms with E-state index in [9.17, 15) is 5.11 Å². The van der Waals surface area contributed by atoms with E-state index >= 15 is 0 Å². The Morgan fingerprint density at radius 2 is 2.19 bits per heavy atom. The van der Waals surface area contributed by atoms with Gasteiger partial charge in [0, 0.05) is 16.4 Å². The molecule has 0 spiro atoms. The second-order valence-electron chi connectivity index (χ2n) is 4.81. The molecule has 1 saturated carbocycles. The smallest absolute Gasteiger partial charge is 0.0505 e. The fraction of sp³-hybridized carbons (Fsp3) is 0.538. The van der Waals surface area contributed by atoms with Gasteiger partial charge in [0.2, 0.25) is 0 Å². The molecule has 1 aromatic rings. The highest BCUT2D eigenvalue weighted by atomic mass is 79.9. The Morgan fingerprint density at radius 3 is 2.69 bits per heavy atom. The van der Waals surface area contributed by atoms with Crippen molar-refractivity contribution in [3.8, 4) is 0 Å². The highest BCUT2D eigenvalue weighted by Gasteiger charge is 2.43. The van der Waals surface area contributed by atoms with Crippen molar-refractivity contribution in [2.75, 3.05) is 13.2 Å². The molecule has 0 radical (unpaired) electrons. The summed E-state index contributed by atoms with van der Waals surface area (Å²) in [4.78, 5) is 0. The van der Waals surface area contributed by atoms with E-state index in [0.717, 1.165) is 10.9 Å². The second kappa shape index (κ2) is 4.86. The zero-order valence-corrected chi connectivity index (χ0v) is 10.9. The van der Waals surface area contributed by atoms with Crippen LogP contribution < -0.4 is 5.73 Å². The summed E-state index contributed by atoms with van der Waals surface area (Å²) in [5.41, 5.74) is 7.03. The summed E-state index contributed by atoms with van der Waals surface area (Å²) in [6, 6.07) is 8.27. The average Bonchev–Trinajstić information content (AvgIpc) is 3.10. The van der Waals surface area contributed by atoms with E-state index in [0.29, 0.717) is 12.5 Å². The second-order valence-corrected chi connectivity index (χ2v) is 5.72. The van der Waals surface area contributed by atoms with Gasteiger partial charge in [-0.15, -0.1) is 0 Å². The minimum atomic E-state index is -0.0964. The van der Waals surface area contributed by atoms with Crippen LogP contribution in [0.5, 0.6) is 0 Å². The maximum absolute atomic E-state index is 9.63. The van der Waals surface area contributed by atoms with E-state index in [-0.39, 0.29) is 12.0 Å². The first-order chi connectivity index (χ1) is 7.70. The van der Waals surface area contributed by atoms with Crippen LogP contribution in [0.15, 0.2) is 28.7 Å². The van der Waals surface area contributed by atoms with Gasteiger partial charge in [0.25, 0.3) is 0 Å². The van der Waals surface area contributed by atoms with Gasteiger partial charge in [-0.25, -0.2) is 0 Å². The van der Waals surface area contributed by atoms with E-state index in [1.165, 1.54) is 18.4 Å². The Bertz CT molecular complexity index is 359. The Balaban J connectivity index is 2.16. The van der Waals surface area contributed by atoms with Crippen molar-refractivity contribution in [1.29, 1.82) is 0 Å². The molecule has 3 N–H and O–H groups in total. The molecule has 88 valence electrons. The zero-order valence-electron chi connectivity index (χ0n) is 9.32. The predicted molar refractivity (Wildman–Crippen MR) is 69.1 cm³/mol. The van der Waals surface area contributed by atoms with Gasteiger partial charge in [0.1, 0.15) is 0 Å². The van der Waals surface area contributed by atoms with Crippen molar-refractivity contribution in [3.63, 3.8) is 0 Å². The van der Waals surface area contributed by atoms with Gasteiger partial charge in [-0.3, -0.25) is 0 Å². The van der Waals surface area contributed by atoms with Crippen LogP contribution in [0.1, 0.15) is 18.4 Å². The molecule has 1 atom stereocenters. The molecule has 0 heterocycles. The molecule has 1 aliphatic carbocycles. The van der Waals surface area contributed by atoms with Crippen LogP contribution in [0.2, 0.25) is 0 Å². The summed E-state index contributed by atoms with van der Waals surface area (Å²) in [5.74, 6) is 0.612. The average molecular weight is 284 g/mol. The normalized spacial score (nSPS) is 19.4. The molecule has 2 nitrogen and oxygen atoms in total. The number of rotatable bonds is 5. The number of aliphatic hydroxyl groups is 1. The molecule has 0 saturated heterocycles. The molecule has 1 fully saturated rings. The molecular weight excluding hydrogens is 266 g/mol. The summed E-state index contributed by atoms with van der Waals surface area (Å²) in [7, 11) is 0. The third-order valence-corrected chi connectivity index (χ3v) is 4.10. The molecule has 1 aromatic carbocycles. The molecule has 0 bridgehead atoms. The first-order valence-corrected chi connectivity index (χ1v) is 6.55. The minimum absolute atomic E-state index is 0.0964. The number of nitrogens with two attached hydrogens (primary N) is 1. The topological polar surface area (TPSA) is 46.2 Å². The molecule has 0 aliphatic heterocycles. The van der Waals surface area contributed by atoms with Crippen LogP contribution in [0.4, 0.5) is 0 Å². The number of hydrogen-bond donors (Lipinski definition) is 2. The van der Waals surface area contributed by atoms with Gasteiger partial charge >= 0.3 is 0 Å². The lowest BCUT2D eigenvalue weighted by Crippen LogP contribution is -2.38. The molecule has 16 heavy (non-hydrogen) atoms. The predicted octanol–water partition coefficient (Wildman–Crippen LogP) is 2.34. The quantitative estimate of drug-likeness (QED) is 0.871. The van der Waals surface area contributed by atoms with Gasteiger partial charge in [0.05, 0.1) is 6.61 Å². The lowest BCUT2D eigenvalue weighted by molar-refractivity contribution is 0.109. The third kappa shape index (κ3) is 2.47. The first-order valence-electron chi connectivity index (χ1n) is 5.75. The molecule has 2 rings (SSSR count). The Hall–Kier alpha value is -0.380. The standard InChI is InChI=1S/C13H18BrNO/c14-12-3-1-2-10(6-12)7-13(8-15,9-16)11-4-5-11/h1-3,6,11,16H,4-5,7-9,15H2. The fourth-order valence-electron chi connectivity index (χ4n) is 2.38. The summed E-state index contributed by atoms with van der Waals surface area (Å²) >= 11 is 3.47. The summed E-state index contributed by atoms with van der Waals surface area (Å²) in [6.07, 6.45) is 3.31. The Labute approximate surface area is 105 Å². The van der Waals surface area contributed by atoms with Crippen LogP contribution in [0.3, 0.4) is 0 Å². The Kier molecular flexibility index (Phi) is 3.67. The number of halogens is 1. The lowest BCUT2D eigenvalue weighted by atomic mass is 9.78. The molecule has 1 unspecified atom stereocenters.